The van der Waals surface area contributed by atoms with E-state index < -0.39 is 147 Å². The molecule has 416 valence electrons. The second-order valence-corrected chi connectivity index (χ2v) is 25.4. The summed E-state index contributed by atoms with van der Waals surface area (Å²) < 4.78 is 49.7. The van der Waals surface area contributed by atoms with Crippen molar-refractivity contribution < 1.29 is 104 Å². The van der Waals surface area contributed by atoms with E-state index in [1.807, 2.05) is 0 Å². The Labute approximate surface area is 421 Å². The van der Waals surface area contributed by atoms with Crippen LogP contribution in [-0.2, 0) is 37.9 Å². The normalized spacial score (nSPS) is 55.2. The molecule has 21 nitrogen and oxygen atoms in total. The van der Waals surface area contributed by atoms with Crippen LogP contribution in [0.4, 0.5) is 0 Å². The summed E-state index contributed by atoms with van der Waals surface area (Å²) in [5, 5.41) is 142. The Morgan fingerprint density at radius 2 is 1.15 bits per heavy atom. The van der Waals surface area contributed by atoms with Gasteiger partial charge in [0.1, 0.15) is 73.2 Å². The van der Waals surface area contributed by atoms with Crippen molar-refractivity contribution >= 4 is 0 Å². The highest BCUT2D eigenvalue weighted by Crippen LogP contribution is 2.89. The summed E-state index contributed by atoms with van der Waals surface area (Å²) in [5.41, 5.74) is -3.10. The van der Waals surface area contributed by atoms with Gasteiger partial charge in [-0.2, -0.15) is 0 Å². The average Bonchev–Trinajstić information content (AvgIpc) is 3.91. The highest BCUT2D eigenvalue weighted by atomic mass is 16.8. The van der Waals surface area contributed by atoms with Gasteiger partial charge in [-0.25, -0.2) is 0 Å². The molecule has 9 rings (SSSR count). The predicted molar refractivity (Wildman–Crippen MR) is 247 cm³/mol. The minimum absolute atomic E-state index is 0.0421. The number of hydrogen-bond donors (Lipinski definition) is 13. The summed E-state index contributed by atoms with van der Waals surface area (Å²) in [6, 6.07) is 0. The quantitative estimate of drug-likeness (QED) is 0.0936. The summed E-state index contributed by atoms with van der Waals surface area (Å²) >= 11 is 0. The molecular weight excluding hydrogens is 949 g/mol. The molecule has 5 aliphatic carbocycles. The van der Waals surface area contributed by atoms with Gasteiger partial charge in [0.05, 0.1) is 55.9 Å². The van der Waals surface area contributed by atoms with Crippen molar-refractivity contribution in [3.8, 4) is 0 Å². The van der Waals surface area contributed by atoms with Crippen LogP contribution in [0.15, 0.2) is 0 Å². The fourth-order valence-corrected chi connectivity index (χ4v) is 16.5. The van der Waals surface area contributed by atoms with Crippen molar-refractivity contribution in [2.24, 2.45) is 50.7 Å². The van der Waals surface area contributed by atoms with Crippen LogP contribution in [0.5, 0.6) is 0 Å². The molecular formula is C51H86O21. The Kier molecular flexibility index (Phi) is 15.4. The second-order valence-electron chi connectivity index (χ2n) is 25.4. The van der Waals surface area contributed by atoms with Crippen LogP contribution < -0.4 is 0 Å². The van der Waals surface area contributed by atoms with E-state index in [1.165, 1.54) is 6.92 Å². The zero-order valence-corrected chi connectivity index (χ0v) is 43.0. The molecule has 29 atom stereocenters. The summed E-state index contributed by atoms with van der Waals surface area (Å²) in [5.74, 6) is -0.214. The molecule has 9 fully saturated rings. The van der Waals surface area contributed by atoms with Gasteiger partial charge in [0, 0.05) is 0 Å². The van der Waals surface area contributed by atoms with Crippen LogP contribution in [-0.4, -0.2) is 221 Å². The average molecular weight is 1040 g/mol. The third-order valence-electron chi connectivity index (χ3n) is 20.7. The van der Waals surface area contributed by atoms with Crippen LogP contribution in [0.1, 0.15) is 113 Å². The van der Waals surface area contributed by atoms with Crippen LogP contribution >= 0.6 is 0 Å². The van der Waals surface area contributed by atoms with Gasteiger partial charge in [0.2, 0.25) is 0 Å². The van der Waals surface area contributed by atoms with Gasteiger partial charge >= 0.3 is 0 Å². The van der Waals surface area contributed by atoms with E-state index in [4.69, 9.17) is 37.9 Å². The lowest BCUT2D eigenvalue weighted by Crippen LogP contribution is -2.65. The van der Waals surface area contributed by atoms with Gasteiger partial charge in [-0.15, -0.1) is 0 Å². The van der Waals surface area contributed by atoms with Crippen molar-refractivity contribution in [2.45, 2.75) is 248 Å². The Balaban J connectivity index is 0.991. The lowest BCUT2D eigenvalue weighted by atomic mass is 9.41. The molecule has 0 aromatic rings. The summed E-state index contributed by atoms with van der Waals surface area (Å²) in [4.78, 5) is 0. The molecule has 13 N–H and O–H groups in total. The van der Waals surface area contributed by atoms with Gasteiger partial charge in [-0.3, -0.25) is 0 Å². The third-order valence-corrected chi connectivity index (χ3v) is 20.7. The summed E-state index contributed by atoms with van der Waals surface area (Å²) in [7, 11) is 0. The van der Waals surface area contributed by atoms with Gasteiger partial charge in [-0.05, 0) is 129 Å². The first-order valence-corrected chi connectivity index (χ1v) is 26.6. The fourth-order valence-electron chi connectivity index (χ4n) is 16.5. The number of ether oxygens (including phenoxy) is 8. The highest BCUT2D eigenvalue weighted by molar-refractivity contribution is 5.33. The van der Waals surface area contributed by atoms with Gasteiger partial charge in [0.15, 0.2) is 25.2 Å². The lowest BCUT2D eigenvalue weighted by Gasteiger charge is -2.65. The van der Waals surface area contributed by atoms with Crippen molar-refractivity contribution in [3.05, 3.63) is 0 Å². The maximum absolute atomic E-state index is 12.2. The topological polar surface area (TPSA) is 337 Å². The lowest BCUT2D eigenvalue weighted by molar-refractivity contribution is -0.382. The van der Waals surface area contributed by atoms with E-state index in [2.05, 4.69) is 34.6 Å². The van der Waals surface area contributed by atoms with Gasteiger partial charge in [-0.1, -0.05) is 34.6 Å². The molecule has 72 heavy (non-hydrogen) atoms. The van der Waals surface area contributed by atoms with Crippen LogP contribution in [0, 0.1) is 50.7 Å². The number of hydrogen-bond acceptors (Lipinski definition) is 21. The van der Waals surface area contributed by atoms with Crippen molar-refractivity contribution in [1.29, 1.82) is 0 Å². The van der Waals surface area contributed by atoms with E-state index >= 15 is 0 Å². The van der Waals surface area contributed by atoms with Gasteiger partial charge < -0.3 is 104 Å². The second kappa shape index (κ2) is 19.8. The van der Waals surface area contributed by atoms with E-state index in [0.717, 1.165) is 19.3 Å². The van der Waals surface area contributed by atoms with Crippen molar-refractivity contribution in [2.75, 3.05) is 19.8 Å². The Morgan fingerprint density at radius 3 is 1.76 bits per heavy atom. The Hall–Kier alpha value is -0.840. The molecule has 21 heteroatoms. The zero-order valence-electron chi connectivity index (χ0n) is 43.0. The number of aliphatic hydroxyl groups excluding tert-OH is 12. The molecule has 4 saturated heterocycles. The molecule has 0 aromatic heterocycles. The van der Waals surface area contributed by atoms with E-state index in [9.17, 15) is 66.4 Å². The highest BCUT2D eigenvalue weighted by Gasteiger charge is 2.85. The number of aliphatic hydroxyl groups is 13. The maximum Gasteiger partial charge on any atom is 0.187 e. The van der Waals surface area contributed by atoms with Crippen LogP contribution in [0.2, 0.25) is 0 Å². The molecule has 2 spiro atoms. The first-order valence-electron chi connectivity index (χ1n) is 26.6. The molecule has 9 aliphatic rings. The maximum atomic E-state index is 12.2. The first-order chi connectivity index (χ1) is 33.5. The molecule has 0 bridgehead atoms. The summed E-state index contributed by atoms with van der Waals surface area (Å²) in [6.45, 7) is 14.6. The van der Waals surface area contributed by atoms with Crippen molar-refractivity contribution in [3.63, 3.8) is 0 Å². The molecule has 0 amide bonds. The van der Waals surface area contributed by atoms with Crippen LogP contribution in [0.25, 0.3) is 0 Å². The van der Waals surface area contributed by atoms with Crippen LogP contribution in [0.3, 0.4) is 0 Å². The largest absolute Gasteiger partial charge is 0.393 e. The fraction of sp³-hybridized carbons (Fsp3) is 1.00. The molecule has 0 aromatic carbocycles. The molecule has 4 heterocycles. The Morgan fingerprint density at radius 1 is 0.597 bits per heavy atom. The minimum atomic E-state index is -1.78. The van der Waals surface area contributed by atoms with Crippen molar-refractivity contribution in [1.82, 2.24) is 0 Å². The third kappa shape index (κ3) is 8.98. The molecule has 5 saturated carbocycles. The van der Waals surface area contributed by atoms with E-state index in [1.54, 1.807) is 13.8 Å². The number of fused-ring (bicyclic) bond motifs is 2. The zero-order chi connectivity index (χ0) is 52.6. The monoisotopic (exact) mass is 1030 g/mol. The molecule has 4 aliphatic heterocycles. The molecule has 0 radical (unpaired) electrons. The minimum Gasteiger partial charge on any atom is -0.393 e. The smallest absolute Gasteiger partial charge is 0.187 e. The van der Waals surface area contributed by atoms with E-state index in [0.29, 0.717) is 38.5 Å². The molecule has 29 unspecified atom stereocenters. The standard InChI is InChI=1S/C51H86O21/c1-21(9-10-29(56)47(5,6)64)31-23(52)16-49(8)28-15-27(69-42-37(62)33(58)24(53)17-65-42)41-46(3,4)30(11-12-51(41)20-50(28,51)14-13-48(31,49)7)70-44-39(34(59)25(54)18-66-44)72-45-40(35(60)26(55)19-67-45)71-43-38(63)36(61)32(57)22(2)68-43/h21-45,52-64H,9-20H2,1-8H3. The SMILES string of the molecule is CC(CCC(O)C(C)(C)O)C1C(O)CC2(C)C3CC(OC4OCC(O)C(O)C4O)C4C(C)(C)C(OC5OCC(O)C(O)C5OC5OCC(O)C(O)C5OC5OC(C)C(O)C(O)C5O)CCC45CC35CCC12C. The number of rotatable bonds is 13. The predicted octanol–water partition coefficient (Wildman–Crippen LogP) is -1.48. The first kappa shape index (κ1) is 55.9. The summed E-state index contributed by atoms with van der Waals surface area (Å²) in [6.07, 6.45) is -22.1. The Bertz CT molecular complexity index is 1890. The van der Waals surface area contributed by atoms with Gasteiger partial charge in [0.25, 0.3) is 0 Å². The van der Waals surface area contributed by atoms with E-state index in [-0.39, 0.29) is 58.5 Å².